The number of β-amino-alcohol motifs (C(OH)–C–C–N with tert-alkyl or cyclic N) is 1. The van der Waals surface area contributed by atoms with Crippen molar-refractivity contribution >= 4 is 5.91 Å². The fourth-order valence-electron chi connectivity index (χ4n) is 6.82. The number of nitrogens with one attached hydrogen (secondary N) is 6. The van der Waals surface area contributed by atoms with E-state index in [2.05, 4.69) is 37.0 Å². The van der Waals surface area contributed by atoms with E-state index in [1.165, 1.54) is 0 Å². The second-order valence-electron chi connectivity index (χ2n) is 11.0. The van der Waals surface area contributed by atoms with E-state index in [9.17, 15) is 14.3 Å². The molecule has 0 radical (unpaired) electrons. The minimum Gasteiger partial charge on any atom is -0.395 e. The van der Waals surface area contributed by atoms with Crippen molar-refractivity contribution in [1.29, 1.82) is 0 Å². The normalized spacial score (nSPS) is 42.6. The lowest BCUT2D eigenvalue weighted by molar-refractivity contribution is -0.127. The van der Waals surface area contributed by atoms with Crippen molar-refractivity contribution in [3.8, 4) is 0 Å². The van der Waals surface area contributed by atoms with Crippen LogP contribution < -0.4 is 32.1 Å². The summed E-state index contributed by atoms with van der Waals surface area (Å²) >= 11 is 0. The molecule has 0 aromatic heterocycles. The first-order chi connectivity index (χ1) is 17.1. The van der Waals surface area contributed by atoms with Gasteiger partial charge in [0.25, 0.3) is 0 Å². The fourth-order valence-corrected chi connectivity index (χ4v) is 6.82. The van der Waals surface area contributed by atoms with Gasteiger partial charge in [-0.2, -0.15) is 0 Å². The SMILES string of the molecule is O=C(N[C@H]1COC2CC(F)CCC21)C1CCCC(NCC2NNC(C3CCNCN3)N2CCO)C1. The van der Waals surface area contributed by atoms with Crippen molar-refractivity contribution < 1.29 is 19.0 Å². The highest BCUT2D eigenvalue weighted by Gasteiger charge is 2.43. The Labute approximate surface area is 207 Å². The lowest BCUT2D eigenvalue weighted by Crippen LogP contribution is -2.59. The second-order valence-corrected chi connectivity index (χ2v) is 11.0. The number of aliphatic hydroxyl groups excluding tert-OH is 1. The summed E-state index contributed by atoms with van der Waals surface area (Å²) in [6, 6.07) is 0.639. The predicted molar refractivity (Wildman–Crippen MR) is 130 cm³/mol. The molecule has 8 unspecified atom stereocenters. The number of amides is 1. The molecular weight excluding hydrogens is 453 g/mol. The Bertz CT molecular complexity index is 700. The van der Waals surface area contributed by atoms with Gasteiger partial charge in [0.15, 0.2) is 0 Å². The maximum atomic E-state index is 13.7. The van der Waals surface area contributed by atoms with E-state index in [0.717, 1.165) is 58.3 Å². The molecule has 0 aromatic rings. The highest BCUT2D eigenvalue weighted by molar-refractivity contribution is 5.79. The number of hydrogen-bond acceptors (Lipinski definition) is 9. The predicted octanol–water partition coefficient (Wildman–Crippen LogP) is -0.880. The Morgan fingerprint density at radius 1 is 1.14 bits per heavy atom. The van der Waals surface area contributed by atoms with Gasteiger partial charge in [0.1, 0.15) is 6.17 Å². The Kier molecular flexibility index (Phi) is 8.88. The lowest BCUT2D eigenvalue weighted by atomic mass is 9.81. The van der Waals surface area contributed by atoms with E-state index in [1.54, 1.807) is 0 Å². The molecule has 0 spiro atoms. The van der Waals surface area contributed by atoms with Crippen molar-refractivity contribution in [3.63, 3.8) is 0 Å². The number of alkyl halides is 1. The minimum atomic E-state index is -0.764. The van der Waals surface area contributed by atoms with Crippen molar-refractivity contribution in [2.45, 2.75) is 94.1 Å². The molecule has 10 nitrogen and oxygen atoms in total. The Hall–Kier alpha value is -0.920. The highest BCUT2D eigenvalue weighted by Crippen LogP contribution is 2.36. The van der Waals surface area contributed by atoms with Gasteiger partial charge in [0.2, 0.25) is 5.91 Å². The first-order valence-corrected chi connectivity index (χ1v) is 13.7. The zero-order valence-corrected chi connectivity index (χ0v) is 20.7. The van der Waals surface area contributed by atoms with Gasteiger partial charge in [-0.05, 0) is 45.1 Å². The molecule has 1 amide bonds. The number of halogens is 1. The average molecular weight is 498 g/mol. The summed E-state index contributed by atoms with van der Waals surface area (Å²) in [5.74, 6) is 0.393. The van der Waals surface area contributed by atoms with Crippen LogP contribution in [-0.2, 0) is 9.53 Å². The summed E-state index contributed by atoms with van der Waals surface area (Å²) < 4.78 is 19.5. The molecule has 11 heteroatoms. The standard InChI is InChI=1S/C24H44FN7O3/c25-16-4-5-18-20(13-35-21(18)11-16)29-24(34)15-2-1-3-17(10-15)27-12-22-30-31-23(32(22)8-9-33)19-6-7-26-14-28-19/h15-23,26-28,30-31,33H,1-14H2,(H,29,34)/t15?,16?,17?,18?,19?,20-,21?,22?,23?/m0/s1. The maximum absolute atomic E-state index is 13.7. The van der Waals surface area contributed by atoms with Crippen LogP contribution in [0, 0.1) is 11.8 Å². The van der Waals surface area contributed by atoms with Gasteiger partial charge < -0.3 is 25.8 Å². The van der Waals surface area contributed by atoms with Crippen LogP contribution in [0.2, 0.25) is 0 Å². The van der Waals surface area contributed by atoms with Gasteiger partial charge in [-0.1, -0.05) is 6.42 Å². The second kappa shape index (κ2) is 12.1. The molecule has 35 heavy (non-hydrogen) atoms. The number of nitrogens with zero attached hydrogens (tertiary/aromatic N) is 1. The van der Waals surface area contributed by atoms with Crippen LogP contribution in [0.3, 0.4) is 0 Å². The Balaban J connectivity index is 1.09. The van der Waals surface area contributed by atoms with Crippen molar-refractivity contribution in [1.82, 2.24) is 37.0 Å². The monoisotopic (exact) mass is 497 g/mol. The van der Waals surface area contributed by atoms with Gasteiger partial charge in [-0.25, -0.2) is 15.2 Å². The molecule has 5 aliphatic rings. The van der Waals surface area contributed by atoms with Crippen LogP contribution in [0.15, 0.2) is 0 Å². The summed E-state index contributed by atoms with van der Waals surface area (Å²) in [5, 5.41) is 23.4. The van der Waals surface area contributed by atoms with Gasteiger partial charge in [-0.3, -0.25) is 15.0 Å². The smallest absolute Gasteiger partial charge is 0.223 e. The van der Waals surface area contributed by atoms with E-state index in [0.29, 0.717) is 38.1 Å². The molecule has 0 bridgehead atoms. The Morgan fingerprint density at radius 2 is 2.06 bits per heavy atom. The minimum absolute atomic E-state index is 0.00714. The average Bonchev–Trinajstić information content (AvgIpc) is 3.47. The summed E-state index contributed by atoms with van der Waals surface area (Å²) in [5.41, 5.74) is 6.84. The molecule has 2 saturated carbocycles. The van der Waals surface area contributed by atoms with Crippen molar-refractivity contribution in [2.24, 2.45) is 11.8 Å². The third kappa shape index (κ3) is 6.15. The van der Waals surface area contributed by atoms with Crippen molar-refractivity contribution in [2.75, 3.05) is 39.5 Å². The summed E-state index contributed by atoms with van der Waals surface area (Å²) in [7, 11) is 0. The van der Waals surface area contributed by atoms with Gasteiger partial charge in [0, 0.05) is 50.1 Å². The number of carbonyl (C=O) groups is 1. The third-order valence-electron chi connectivity index (χ3n) is 8.77. The molecule has 0 aromatic carbocycles. The zero-order chi connectivity index (χ0) is 24.2. The summed E-state index contributed by atoms with van der Waals surface area (Å²) in [4.78, 5) is 15.4. The molecule has 3 heterocycles. The number of fused-ring (bicyclic) bond motifs is 1. The fraction of sp³-hybridized carbons (Fsp3) is 0.958. The molecule has 3 saturated heterocycles. The molecule has 7 N–H and O–H groups in total. The first-order valence-electron chi connectivity index (χ1n) is 13.7. The molecular formula is C24H44FN7O3. The number of hydrazine groups is 1. The van der Waals surface area contributed by atoms with Crippen LogP contribution in [0.25, 0.3) is 0 Å². The number of rotatable bonds is 8. The Morgan fingerprint density at radius 3 is 2.89 bits per heavy atom. The van der Waals surface area contributed by atoms with Crippen LogP contribution in [0.4, 0.5) is 4.39 Å². The zero-order valence-electron chi connectivity index (χ0n) is 20.7. The van der Waals surface area contributed by atoms with Crippen molar-refractivity contribution in [3.05, 3.63) is 0 Å². The highest BCUT2D eigenvalue weighted by atomic mass is 19.1. The summed E-state index contributed by atoms with van der Waals surface area (Å²) in [6.07, 6.45) is 6.14. The van der Waals surface area contributed by atoms with E-state index >= 15 is 0 Å². The maximum Gasteiger partial charge on any atom is 0.223 e. The van der Waals surface area contributed by atoms with E-state index < -0.39 is 6.17 Å². The molecule has 5 fully saturated rings. The van der Waals surface area contributed by atoms with Crippen LogP contribution in [0.1, 0.15) is 51.4 Å². The molecule has 200 valence electrons. The van der Waals surface area contributed by atoms with E-state index in [1.807, 2.05) is 0 Å². The van der Waals surface area contributed by atoms with Gasteiger partial charge in [0.05, 0.1) is 37.7 Å². The van der Waals surface area contributed by atoms with E-state index in [4.69, 9.17) is 4.74 Å². The molecule has 5 rings (SSSR count). The quantitative estimate of drug-likeness (QED) is 0.229. The number of aliphatic hydroxyl groups is 1. The first kappa shape index (κ1) is 25.7. The number of carbonyl (C=O) groups excluding carboxylic acids is 1. The topological polar surface area (TPSA) is 122 Å². The van der Waals surface area contributed by atoms with Gasteiger partial charge in [-0.15, -0.1) is 0 Å². The van der Waals surface area contributed by atoms with Crippen LogP contribution >= 0.6 is 0 Å². The molecule has 2 aliphatic carbocycles. The van der Waals surface area contributed by atoms with Crippen LogP contribution in [-0.4, -0.2) is 98.2 Å². The number of hydrogen-bond donors (Lipinski definition) is 7. The van der Waals surface area contributed by atoms with Crippen LogP contribution in [0.5, 0.6) is 0 Å². The summed E-state index contributed by atoms with van der Waals surface area (Å²) in [6.45, 7) is 3.77. The third-order valence-corrected chi connectivity index (χ3v) is 8.77. The molecule has 9 atom stereocenters. The largest absolute Gasteiger partial charge is 0.395 e. The number of ether oxygens (including phenoxy) is 1. The van der Waals surface area contributed by atoms with Gasteiger partial charge >= 0.3 is 0 Å². The molecule has 3 aliphatic heterocycles. The van der Waals surface area contributed by atoms with E-state index in [-0.39, 0.29) is 48.8 Å². The lowest BCUT2D eigenvalue weighted by Gasteiger charge is -2.36.